The van der Waals surface area contributed by atoms with Crippen molar-refractivity contribution in [3.05, 3.63) is 18.3 Å². The molecule has 0 spiro atoms. The van der Waals surface area contributed by atoms with Gasteiger partial charge in [-0.15, -0.1) is 0 Å². The minimum absolute atomic E-state index is 0.0844. The minimum atomic E-state index is -2.81. The molecule has 1 atom stereocenters. The van der Waals surface area contributed by atoms with E-state index in [0.29, 0.717) is 12.5 Å². The standard InChI is InChI=1S/C12H17F2N3O/c13-12(14)18-10-3-4-11(16-7-10)17-5-1-2-9(6-15)8-17/h3-4,7,9,12H,1-2,5-6,8,15H2. The van der Waals surface area contributed by atoms with Gasteiger partial charge in [0.25, 0.3) is 0 Å². The molecule has 0 bridgehead atoms. The molecule has 2 N–H and O–H groups in total. The van der Waals surface area contributed by atoms with E-state index in [1.807, 2.05) is 0 Å². The van der Waals surface area contributed by atoms with E-state index in [4.69, 9.17) is 5.73 Å². The molecule has 0 amide bonds. The zero-order valence-corrected chi connectivity index (χ0v) is 10.1. The van der Waals surface area contributed by atoms with Crippen LogP contribution < -0.4 is 15.4 Å². The molecule has 4 nitrogen and oxygen atoms in total. The number of hydrogen-bond donors (Lipinski definition) is 1. The van der Waals surface area contributed by atoms with Crippen molar-refractivity contribution < 1.29 is 13.5 Å². The molecule has 1 aromatic heterocycles. The summed E-state index contributed by atoms with van der Waals surface area (Å²) < 4.78 is 28.3. The summed E-state index contributed by atoms with van der Waals surface area (Å²) in [7, 11) is 0. The van der Waals surface area contributed by atoms with Crippen molar-refractivity contribution in [1.29, 1.82) is 0 Å². The third-order valence-corrected chi connectivity index (χ3v) is 3.12. The van der Waals surface area contributed by atoms with Crippen LogP contribution in [0, 0.1) is 5.92 Å². The number of nitrogens with two attached hydrogens (primary N) is 1. The topological polar surface area (TPSA) is 51.4 Å². The number of hydrogen-bond acceptors (Lipinski definition) is 4. The molecule has 6 heteroatoms. The third-order valence-electron chi connectivity index (χ3n) is 3.12. The van der Waals surface area contributed by atoms with E-state index in [-0.39, 0.29) is 5.75 Å². The van der Waals surface area contributed by atoms with Crippen LogP contribution in [0.3, 0.4) is 0 Å². The number of nitrogens with zero attached hydrogens (tertiary/aromatic N) is 2. The Hall–Kier alpha value is -1.43. The highest BCUT2D eigenvalue weighted by molar-refractivity contribution is 5.41. The van der Waals surface area contributed by atoms with Gasteiger partial charge in [0.2, 0.25) is 0 Å². The lowest BCUT2D eigenvalue weighted by molar-refractivity contribution is -0.0500. The van der Waals surface area contributed by atoms with Gasteiger partial charge in [0.15, 0.2) is 0 Å². The monoisotopic (exact) mass is 257 g/mol. The summed E-state index contributed by atoms with van der Waals surface area (Å²) in [6, 6.07) is 3.22. The minimum Gasteiger partial charge on any atom is -0.433 e. The molecule has 1 fully saturated rings. The summed E-state index contributed by atoms with van der Waals surface area (Å²) in [5, 5.41) is 0. The maximum Gasteiger partial charge on any atom is 0.387 e. The van der Waals surface area contributed by atoms with E-state index in [0.717, 1.165) is 31.7 Å². The van der Waals surface area contributed by atoms with Gasteiger partial charge in [0, 0.05) is 13.1 Å². The van der Waals surface area contributed by atoms with Gasteiger partial charge < -0.3 is 15.4 Å². The number of halogens is 2. The average Bonchev–Trinajstić information content (AvgIpc) is 2.39. The highest BCUT2D eigenvalue weighted by Crippen LogP contribution is 2.22. The fourth-order valence-electron chi connectivity index (χ4n) is 2.20. The Bertz CT molecular complexity index is 372. The molecule has 2 heterocycles. The van der Waals surface area contributed by atoms with Gasteiger partial charge in [0.1, 0.15) is 11.6 Å². The van der Waals surface area contributed by atoms with Crippen LogP contribution in [0.1, 0.15) is 12.8 Å². The number of ether oxygens (including phenoxy) is 1. The summed E-state index contributed by atoms with van der Waals surface area (Å²) >= 11 is 0. The second-order valence-corrected chi connectivity index (χ2v) is 4.42. The van der Waals surface area contributed by atoms with Gasteiger partial charge in [-0.05, 0) is 37.4 Å². The van der Waals surface area contributed by atoms with Gasteiger partial charge in [-0.3, -0.25) is 0 Å². The quantitative estimate of drug-likeness (QED) is 0.894. The Morgan fingerprint density at radius 1 is 1.50 bits per heavy atom. The summed E-state index contributed by atoms with van der Waals surface area (Å²) in [5.74, 6) is 1.36. The second-order valence-electron chi connectivity index (χ2n) is 4.42. The van der Waals surface area contributed by atoms with Gasteiger partial charge in [0.05, 0.1) is 6.20 Å². The number of pyridine rings is 1. The van der Waals surface area contributed by atoms with Crippen LogP contribution in [0.2, 0.25) is 0 Å². The molecular formula is C12H17F2N3O. The number of rotatable bonds is 4. The molecule has 1 aromatic rings. The van der Waals surface area contributed by atoms with Crippen molar-refractivity contribution in [2.75, 3.05) is 24.5 Å². The van der Waals surface area contributed by atoms with Crippen molar-refractivity contribution in [2.45, 2.75) is 19.5 Å². The fourth-order valence-corrected chi connectivity index (χ4v) is 2.20. The SMILES string of the molecule is NCC1CCCN(c2ccc(OC(F)F)cn2)C1. The highest BCUT2D eigenvalue weighted by Gasteiger charge is 2.19. The molecule has 0 saturated carbocycles. The Morgan fingerprint density at radius 3 is 2.94 bits per heavy atom. The molecular weight excluding hydrogens is 240 g/mol. The van der Waals surface area contributed by atoms with Crippen molar-refractivity contribution >= 4 is 5.82 Å². The van der Waals surface area contributed by atoms with Crippen LogP contribution >= 0.6 is 0 Å². The summed E-state index contributed by atoms with van der Waals surface area (Å²) in [5.41, 5.74) is 5.67. The zero-order chi connectivity index (χ0) is 13.0. The van der Waals surface area contributed by atoms with E-state index >= 15 is 0 Å². The maximum absolute atomic E-state index is 12.0. The van der Waals surface area contributed by atoms with Gasteiger partial charge in [-0.1, -0.05) is 0 Å². The normalized spacial score (nSPS) is 20.2. The average molecular weight is 257 g/mol. The lowest BCUT2D eigenvalue weighted by Gasteiger charge is -2.33. The second kappa shape index (κ2) is 5.95. The highest BCUT2D eigenvalue weighted by atomic mass is 19.3. The molecule has 1 aliphatic rings. The van der Waals surface area contributed by atoms with Crippen LogP contribution in [-0.4, -0.2) is 31.2 Å². The maximum atomic E-state index is 12.0. The lowest BCUT2D eigenvalue weighted by Crippen LogP contribution is -2.38. The van der Waals surface area contributed by atoms with E-state index in [1.54, 1.807) is 6.07 Å². The first kappa shape index (κ1) is 13.0. The van der Waals surface area contributed by atoms with Gasteiger partial charge in [-0.25, -0.2) is 4.98 Å². The zero-order valence-electron chi connectivity index (χ0n) is 10.1. The molecule has 1 unspecified atom stereocenters. The smallest absolute Gasteiger partial charge is 0.387 e. The summed E-state index contributed by atoms with van der Waals surface area (Å²) in [6.45, 7) is -0.338. The van der Waals surface area contributed by atoms with Gasteiger partial charge >= 0.3 is 6.61 Å². The molecule has 1 aliphatic heterocycles. The molecule has 100 valence electrons. The molecule has 2 rings (SSSR count). The predicted molar refractivity (Wildman–Crippen MR) is 64.9 cm³/mol. The molecule has 1 saturated heterocycles. The van der Waals surface area contributed by atoms with E-state index in [9.17, 15) is 8.78 Å². The van der Waals surface area contributed by atoms with Crippen molar-refractivity contribution in [3.8, 4) is 5.75 Å². The first-order valence-electron chi connectivity index (χ1n) is 6.05. The number of alkyl halides is 2. The Labute approximate surface area is 105 Å². The largest absolute Gasteiger partial charge is 0.433 e. The van der Waals surface area contributed by atoms with Crippen LogP contribution in [0.25, 0.3) is 0 Å². The van der Waals surface area contributed by atoms with E-state index < -0.39 is 6.61 Å². The molecule has 18 heavy (non-hydrogen) atoms. The third kappa shape index (κ3) is 3.29. The van der Waals surface area contributed by atoms with Crippen LogP contribution in [0.4, 0.5) is 14.6 Å². The van der Waals surface area contributed by atoms with E-state index in [2.05, 4.69) is 14.6 Å². The molecule has 0 aromatic carbocycles. The Balaban J connectivity index is 2.00. The first-order chi connectivity index (χ1) is 8.69. The number of piperidine rings is 1. The first-order valence-corrected chi connectivity index (χ1v) is 6.05. The molecule has 0 aliphatic carbocycles. The van der Waals surface area contributed by atoms with Crippen LogP contribution in [0.15, 0.2) is 18.3 Å². The lowest BCUT2D eigenvalue weighted by atomic mass is 9.98. The van der Waals surface area contributed by atoms with Gasteiger partial charge in [-0.2, -0.15) is 8.78 Å². The van der Waals surface area contributed by atoms with E-state index in [1.165, 1.54) is 12.3 Å². The molecule has 0 radical (unpaired) electrons. The fraction of sp³-hybridized carbons (Fsp3) is 0.583. The Morgan fingerprint density at radius 2 is 2.33 bits per heavy atom. The summed E-state index contributed by atoms with van der Waals surface area (Å²) in [6.07, 6.45) is 3.55. The number of anilines is 1. The summed E-state index contributed by atoms with van der Waals surface area (Å²) in [4.78, 5) is 6.28. The van der Waals surface area contributed by atoms with Crippen molar-refractivity contribution in [1.82, 2.24) is 4.98 Å². The Kier molecular flexibility index (Phi) is 4.30. The van der Waals surface area contributed by atoms with Crippen LogP contribution in [-0.2, 0) is 0 Å². The number of aromatic nitrogens is 1. The van der Waals surface area contributed by atoms with Crippen molar-refractivity contribution in [3.63, 3.8) is 0 Å². The van der Waals surface area contributed by atoms with Crippen LogP contribution in [0.5, 0.6) is 5.75 Å². The van der Waals surface area contributed by atoms with Crippen molar-refractivity contribution in [2.24, 2.45) is 11.7 Å². The predicted octanol–water partition coefficient (Wildman–Crippen LogP) is 1.86.